The highest BCUT2D eigenvalue weighted by atomic mass is 32.2. The summed E-state index contributed by atoms with van der Waals surface area (Å²) in [5.41, 5.74) is 3.52. The first-order valence-corrected chi connectivity index (χ1v) is 12.3. The Morgan fingerprint density at radius 2 is 1.97 bits per heavy atom. The van der Waals surface area contributed by atoms with E-state index in [0.717, 1.165) is 34.8 Å². The SMILES string of the molecule is CS(=O)(=O)n1c(C(=O)NCCc2cccnc2)cc2c1c1ccccc1n2CC1CC1. The third-order valence-electron chi connectivity index (χ3n) is 5.80. The van der Waals surface area contributed by atoms with Crippen molar-refractivity contribution >= 4 is 37.9 Å². The van der Waals surface area contributed by atoms with Gasteiger partial charge in [0.15, 0.2) is 0 Å². The number of carbonyl (C=O) groups excluding carboxylic acids is 1. The minimum absolute atomic E-state index is 0.147. The normalized spacial score (nSPS) is 14.4. The van der Waals surface area contributed by atoms with Crippen LogP contribution in [0.15, 0.2) is 54.9 Å². The van der Waals surface area contributed by atoms with Gasteiger partial charge in [-0.05, 0) is 48.9 Å². The molecule has 8 heteroatoms. The Hall–Kier alpha value is -3.13. The number of aromatic nitrogens is 3. The van der Waals surface area contributed by atoms with Crippen LogP contribution < -0.4 is 5.32 Å². The molecule has 0 radical (unpaired) electrons. The lowest BCUT2D eigenvalue weighted by molar-refractivity contribution is 0.0948. The number of hydrogen-bond donors (Lipinski definition) is 1. The third-order valence-corrected chi connectivity index (χ3v) is 6.85. The molecule has 3 aromatic heterocycles. The van der Waals surface area contributed by atoms with Gasteiger partial charge < -0.3 is 9.88 Å². The van der Waals surface area contributed by atoms with E-state index < -0.39 is 15.9 Å². The summed E-state index contributed by atoms with van der Waals surface area (Å²) < 4.78 is 28.9. The van der Waals surface area contributed by atoms with E-state index in [1.807, 2.05) is 36.4 Å². The molecule has 0 spiro atoms. The van der Waals surface area contributed by atoms with Gasteiger partial charge in [-0.15, -0.1) is 0 Å². The van der Waals surface area contributed by atoms with Crippen LogP contribution in [0.25, 0.3) is 21.9 Å². The number of benzene rings is 1. The topological polar surface area (TPSA) is 86.0 Å². The summed E-state index contributed by atoms with van der Waals surface area (Å²) in [5, 5.41) is 3.72. The maximum atomic E-state index is 13.0. The predicted octanol–water partition coefficient (Wildman–Crippen LogP) is 3.18. The van der Waals surface area contributed by atoms with Gasteiger partial charge >= 0.3 is 0 Å². The first-order valence-electron chi connectivity index (χ1n) is 10.4. The van der Waals surface area contributed by atoms with Crippen molar-refractivity contribution in [1.29, 1.82) is 0 Å². The van der Waals surface area contributed by atoms with Crippen molar-refractivity contribution in [2.24, 2.45) is 5.92 Å². The first kappa shape index (κ1) is 19.8. The lowest BCUT2D eigenvalue weighted by Gasteiger charge is -2.09. The Bertz CT molecular complexity index is 1380. The molecule has 5 rings (SSSR count). The highest BCUT2D eigenvalue weighted by Crippen LogP contribution is 2.37. The van der Waals surface area contributed by atoms with Gasteiger partial charge in [-0.1, -0.05) is 24.3 Å². The van der Waals surface area contributed by atoms with Gasteiger partial charge in [-0.2, -0.15) is 0 Å². The lowest BCUT2D eigenvalue weighted by Crippen LogP contribution is -2.29. The van der Waals surface area contributed by atoms with Gasteiger partial charge in [0.25, 0.3) is 5.91 Å². The van der Waals surface area contributed by atoms with Crippen LogP contribution in [0, 0.1) is 5.92 Å². The molecule has 7 nitrogen and oxygen atoms in total. The fourth-order valence-corrected chi connectivity index (χ4v) is 5.20. The quantitative estimate of drug-likeness (QED) is 0.482. The summed E-state index contributed by atoms with van der Waals surface area (Å²) in [4.78, 5) is 17.1. The molecule has 0 bridgehead atoms. The number of hydrogen-bond acceptors (Lipinski definition) is 4. The molecule has 1 N–H and O–H groups in total. The Kier molecular flexibility index (Phi) is 4.81. The maximum Gasteiger partial charge on any atom is 0.269 e. The van der Waals surface area contributed by atoms with E-state index in [1.54, 1.807) is 18.5 Å². The minimum atomic E-state index is -3.70. The van der Waals surface area contributed by atoms with Crippen LogP contribution in [-0.4, -0.2) is 40.6 Å². The van der Waals surface area contributed by atoms with Crippen molar-refractivity contribution in [2.45, 2.75) is 25.8 Å². The van der Waals surface area contributed by atoms with E-state index in [0.29, 0.717) is 24.4 Å². The smallest absolute Gasteiger partial charge is 0.269 e. The second-order valence-corrected chi connectivity index (χ2v) is 10.1. The van der Waals surface area contributed by atoms with Gasteiger partial charge in [0.2, 0.25) is 10.0 Å². The summed E-state index contributed by atoms with van der Waals surface area (Å²) >= 11 is 0. The summed E-state index contributed by atoms with van der Waals surface area (Å²) in [5.74, 6) is 0.213. The van der Waals surface area contributed by atoms with Crippen molar-refractivity contribution in [2.75, 3.05) is 12.8 Å². The van der Waals surface area contributed by atoms with Gasteiger partial charge in [-0.3, -0.25) is 9.78 Å². The Morgan fingerprint density at radius 1 is 1.16 bits per heavy atom. The number of carbonyl (C=O) groups is 1. The molecule has 1 saturated carbocycles. The van der Waals surface area contributed by atoms with Crippen LogP contribution in [0.2, 0.25) is 0 Å². The second-order valence-electron chi connectivity index (χ2n) is 8.23. The molecule has 0 unspecified atom stereocenters. The molecule has 1 amide bonds. The van der Waals surface area contributed by atoms with Crippen LogP contribution >= 0.6 is 0 Å². The number of rotatable bonds is 7. The van der Waals surface area contributed by atoms with Crippen molar-refractivity contribution in [3.8, 4) is 0 Å². The van der Waals surface area contributed by atoms with Crippen molar-refractivity contribution in [3.63, 3.8) is 0 Å². The average molecular weight is 437 g/mol. The molecule has 160 valence electrons. The van der Waals surface area contributed by atoms with Gasteiger partial charge in [0.05, 0.1) is 22.8 Å². The van der Waals surface area contributed by atoms with E-state index in [9.17, 15) is 13.2 Å². The van der Waals surface area contributed by atoms with Crippen LogP contribution in [0.1, 0.15) is 28.9 Å². The van der Waals surface area contributed by atoms with Crippen LogP contribution in [0.5, 0.6) is 0 Å². The molecule has 0 saturated heterocycles. The predicted molar refractivity (Wildman–Crippen MR) is 121 cm³/mol. The fraction of sp³-hybridized carbons (Fsp3) is 0.304. The third kappa shape index (κ3) is 3.72. The van der Waals surface area contributed by atoms with Crippen LogP contribution in [0.3, 0.4) is 0 Å². The largest absolute Gasteiger partial charge is 0.350 e. The number of fused-ring (bicyclic) bond motifs is 3. The highest BCUT2D eigenvalue weighted by Gasteiger charge is 2.29. The summed E-state index contributed by atoms with van der Waals surface area (Å²) in [7, 11) is -3.70. The number of para-hydroxylation sites is 1. The van der Waals surface area contributed by atoms with Crippen molar-refractivity contribution in [1.82, 2.24) is 18.8 Å². The number of nitrogens with one attached hydrogen (secondary N) is 1. The number of nitrogens with zero attached hydrogens (tertiary/aromatic N) is 3. The van der Waals surface area contributed by atoms with E-state index in [4.69, 9.17) is 0 Å². The highest BCUT2D eigenvalue weighted by molar-refractivity contribution is 7.89. The molecule has 0 aliphatic heterocycles. The van der Waals surface area contributed by atoms with Crippen LogP contribution in [-0.2, 0) is 23.0 Å². The molecule has 1 aromatic carbocycles. The van der Waals surface area contributed by atoms with Gasteiger partial charge in [-0.25, -0.2) is 12.4 Å². The first-order chi connectivity index (χ1) is 14.9. The van der Waals surface area contributed by atoms with E-state index in [1.165, 1.54) is 16.8 Å². The number of pyridine rings is 1. The van der Waals surface area contributed by atoms with Crippen LogP contribution in [0.4, 0.5) is 0 Å². The number of amides is 1. The van der Waals surface area contributed by atoms with Gasteiger partial charge in [0.1, 0.15) is 5.69 Å². The van der Waals surface area contributed by atoms with Gasteiger partial charge in [0, 0.05) is 30.9 Å². The summed E-state index contributed by atoms with van der Waals surface area (Å²) in [6.07, 6.45) is 7.59. The molecule has 0 atom stereocenters. The Labute approximate surface area is 180 Å². The molecular weight excluding hydrogens is 412 g/mol. The van der Waals surface area contributed by atoms with E-state index >= 15 is 0 Å². The zero-order valence-corrected chi connectivity index (χ0v) is 18.1. The molecule has 31 heavy (non-hydrogen) atoms. The molecule has 4 aromatic rings. The second kappa shape index (κ2) is 7.53. The average Bonchev–Trinajstić information content (AvgIpc) is 3.40. The Morgan fingerprint density at radius 3 is 2.68 bits per heavy atom. The molecule has 1 aliphatic carbocycles. The zero-order valence-electron chi connectivity index (χ0n) is 17.3. The fourth-order valence-electron chi connectivity index (χ4n) is 4.19. The minimum Gasteiger partial charge on any atom is -0.350 e. The van der Waals surface area contributed by atoms with Crippen molar-refractivity contribution < 1.29 is 13.2 Å². The molecule has 3 heterocycles. The van der Waals surface area contributed by atoms with E-state index in [-0.39, 0.29) is 5.69 Å². The zero-order chi connectivity index (χ0) is 21.6. The Balaban J connectivity index is 1.57. The summed E-state index contributed by atoms with van der Waals surface area (Å²) in [6, 6.07) is 13.3. The molecular formula is C23H24N4O3S. The molecule has 1 fully saturated rings. The van der Waals surface area contributed by atoms with E-state index in [2.05, 4.69) is 14.9 Å². The lowest BCUT2D eigenvalue weighted by atomic mass is 10.2. The standard InChI is InChI=1S/C23H24N4O3S/c1-31(29,30)27-21(23(28)25-12-10-16-5-4-11-24-14-16)13-20-22(27)18-6-2-3-7-19(18)26(20)15-17-8-9-17/h2-7,11,13-14,17H,8-10,12,15H2,1H3,(H,25,28). The maximum absolute atomic E-state index is 13.0. The monoisotopic (exact) mass is 436 g/mol. The summed E-state index contributed by atoms with van der Waals surface area (Å²) in [6.45, 7) is 1.23. The molecule has 1 aliphatic rings. The van der Waals surface area contributed by atoms with Crippen molar-refractivity contribution in [3.05, 3.63) is 66.1 Å².